The standard InChI is InChI=1S/C22H15ClN2O4S4/c23-16-9-10-17(24-32(26,27)21-11-14-5-1-3-7-19(14)30-21)18(13-16)25-33(28,29)22-12-15-6-2-4-8-20(15)31-22/h1-13,24-25H. The topological polar surface area (TPSA) is 92.3 Å². The molecule has 0 amide bonds. The lowest BCUT2D eigenvalue weighted by molar-refractivity contribution is 0.601. The van der Waals surface area contributed by atoms with Crippen LogP contribution in [0.1, 0.15) is 0 Å². The summed E-state index contributed by atoms with van der Waals surface area (Å²) < 4.78 is 59.1. The Morgan fingerprint density at radius 1 is 0.606 bits per heavy atom. The molecule has 0 saturated carbocycles. The number of nitrogens with one attached hydrogen (secondary N) is 2. The quantitative estimate of drug-likeness (QED) is 0.265. The molecule has 0 aliphatic heterocycles. The third kappa shape index (κ3) is 4.44. The molecule has 5 rings (SSSR count). The summed E-state index contributed by atoms with van der Waals surface area (Å²) in [7, 11) is -7.94. The largest absolute Gasteiger partial charge is 0.277 e. The van der Waals surface area contributed by atoms with E-state index in [4.69, 9.17) is 11.6 Å². The maximum Gasteiger partial charge on any atom is 0.271 e. The van der Waals surface area contributed by atoms with Gasteiger partial charge in [0.2, 0.25) is 0 Å². The highest BCUT2D eigenvalue weighted by Crippen LogP contribution is 2.35. The molecule has 11 heteroatoms. The number of hydrogen-bond acceptors (Lipinski definition) is 6. The molecule has 6 nitrogen and oxygen atoms in total. The van der Waals surface area contributed by atoms with Crippen molar-refractivity contribution in [1.82, 2.24) is 0 Å². The molecular formula is C22H15ClN2O4S4. The van der Waals surface area contributed by atoms with Crippen LogP contribution >= 0.6 is 34.3 Å². The minimum Gasteiger partial charge on any atom is -0.277 e. The fraction of sp³-hybridized carbons (Fsp3) is 0. The molecule has 0 spiro atoms. The van der Waals surface area contributed by atoms with Crippen molar-refractivity contribution in [2.45, 2.75) is 8.42 Å². The Labute approximate surface area is 203 Å². The monoisotopic (exact) mass is 534 g/mol. The van der Waals surface area contributed by atoms with Crippen LogP contribution in [-0.2, 0) is 20.0 Å². The smallest absolute Gasteiger partial charge is 0.271 e. The zero-order valence-corrected chi connectivity index (χ0v) is 20.7. The molecule has 0 aliphatic rings. The van der Waals surface area contributed by atoms with Crippen molar-refractivity contribution in [1.29, 1.82) is 0 Å². The molecule has 2 aromatic heterocycles. The molecule has 33 heavy (non-hydrogen) atoms. The molecular weight excluding hydrogens is 520 g/mol. The van der Waals surface area contributed by atoms with Crippen LogP contribution in [0.5, 0.6) is 0 Å². The van der Waals surface area contributed by atoms with E-state index in [-0.39, 0.29) is 24.8 Å². The summed E-state index contributed by atoms with van der Waals surface area (Å²) in [5.41, 5.74) is 0.103. The first-order valence-corrected chi connectivity index (χ1v) is 14.5. The third-order valence-corrected chi connectivity index (χ3v) is 11.0. The van der Waals surface area contributed by atoms with E-state index >= 15 is 0 Å². The van der Waals surface area contributed by atoms with E-state index in [1.54, 1.807) is 12.1 Å². The van der Waals surface area contributed by atoms with Crippen molar-refractivity contribution >= 4 is 85.9 Å². The summed E-state index contributed by atoms with van der Waals surface area (Å²) in [5.74, 6) is 0. The van der Waals surface area contributed by atoms with Gasteiger partial charge in [0.15, 0.2) is 0 Å². The summed E-state index contributed by atoms with van der Waals surface area (Å²) in [6.07, 6.45) is 0. The highest BCUT2D eigenvalue weighted by molar-refractivity contribution is 7.95. The average molecular weight is 535 g/mol. The maximum absolute atomic E-state index is 13.1. The number of benzene rings is 3. The van der Waals surface area contributed by atoms with E-state index in [0.29, 0.717) is 0 Å². The van der Waals surface area contributed by atoms with Gasteiger partial charge in [-0.3, -0.25) is 9.44 Å². The number of hydrogen-bond donors (Lipinski definition) is 2. The fourth-order valence-electron chi connectivity index (χ4n) is 3.26. The molecule has 0 aliphatic carbocycles. The van der Waals surface area contributed by atoms with Crippen LogP contribution in [0.4, 0.5) is 11.4 Å². The lowest BCUT2D eigenvalue weighted by Crippen LogP contribution is -2.16. The van der Waals surface area contributed by atoms with Gasteiger partial charge in [-0.15, -0.1) is 22.7 Å². The number of sulfonamides is 2. The van der Waals surface area contributed by atoms with Crippen LogP contribution in [0.15, 0.2) is 87.3 Å². The van der Waals surface area contributed by atoms with Crippen molar-refractivity contribution in [3.8, 4) is 0 Å². The van der Waals surface area contributed by atoms with Crippen molar-refractivity contribution in [3.63, 3.8) is 0 Å². The van der Waals surface area contributed by atoms with E-state index in [2.05, 4.69) is 9.44 Å². The fourth-order valence-corrected chi connectivity index (χ4v) is 8.38. The Kier molecular flexibility index (Phi) is 5.58. The van der Waals surface area contributed by atoms with Crippen molar-refractivity contribution in [3.05, 3.63) is 83.9 Å². The van der Waals surface area contributed by atoms with E-state index < -0.39 is 20.0 Å². The van der Waals surface area contributed by atoms with Crippen LogP contribution in [-0.4, -0.2) is 16.8 Å². The number of fused-ring (bicyclic) bond motifs is 2. The third-order valence-electron chi connectivity index (χ3n) is 4.81. The molecule has 0 atom stereocenters. The van der Waals surface area contributed by atoms with Crippen molar-refractivity contribution in [2.75, 3.05) is 9.44 Å². The summed E-state index contributed by atoms with van der Waals surface area (Å²) in [5, 5.41) is 1.87. The second-order valence-corrected chi connectivity index (χ2v) is 13.5. The Morgan fingerprint density at radius 2 is 1.09 bits per heavy atom. The van der Waals surface area contributed by atoms with Gasteiger partial charge in [0.25, 0.3) is 20.0 Å². The van der Waals surface area contributed by atoms with Crippen LogP contribution in [0.2, 0.25) is 5.02 Å². The molecule has 0 unspecified atom stereocenters. The van der Waals surface area contributed by atoms with E-state index in [1.807, 2.05) is 48.5 Å². The Balaban J connectivity index is 1.50. The van der Waals surface area contributed by atoms with Gasteiger partial charge in [0.1, 0.15) is 8.42 Å². The predicted octanol–water partition coefficient (Wildman–Crippen LogP) is 6.37. The zero-order chi connectivity index (χ0) is 23.2. The lowest BCUT2D eigenvalue weighted by atomic mass is 10.3. The maximum atomic E-state index is 13.1. The highest BCUT2D eigenvalue weighted by Gasteiger charge is 2.23. The lowest BCUT2D eigenvalue weighted by Gasteiger charge is -2.14. The molecule has 2 heterocycles. The molecule has 0 bridgehead atoms. The summed E-state index contributed by atoms with van der Waals surface area (Å²) in [4.78, 5) is 0. The molecule has 168 valence electrons. The van der Waals surface area contributed by atoms with E-state index in [9.17, 15) is 16.8 Å². The Hall–Kier alpha value is -2.63. The number of rotatable bonds is 6. The van der Waals surface area contributed by atoms with Gasteiger partial charge in [0, 0.05) is 14.4 Å². The minimum absolute atomic E-state index is 0.0321. The average Bonchev–Trinajstić information content (AvgIpc) is 3.40. The summed E-state index contributed by atoms with van der Waals surface area (Å²) in [6, 6.07) is 22.1. The van der Waals surface area contributed by atoms with Gasteiger partial charge in [0.05, 0.1) is 11.4 Å². The summed E-state index contributed by atoms with van der Waals surface area (Å²) in [6.45, 7) is 0. The van der Waals surface area contributed by atoms with Gasteiger partial charge in [-0.2, -0.15) is 0 Å². The first kappa shape index (κ1) is 22.2. The SMILES string of the molecule is O=S(=O)(Nc1ccc(Cl)cc1NS(=O)(=O)c1cc2ccccc2s1)c1cc2ccccc2s1. The first-order chi connectivity index (χ1) is 15.7. The minimum atomic E-state index is -3.98. The van der Waals surface area contributed by atoms with Crippen LogP contribution in [0, 0.1) is 0 Å². The van der Waals surface area contributed by atoms with Crippen molar-refractivity contribution < 1.29 is 16.8 Å². The zero-order valence-electron chi connectivity index (χ0n) is 16.6. The van der Waals surface area contributed by atoms with Gasteiger partial charge >= 0.3 is 0 Å². The Morgan fingerprint density at radius 3 is 1.61 bits per heavy atom. The molecule has 0 fully saturated rings. The van der Waals surface area contributed by atoms with Gasteiger partial charge in [-0.1, -0.05) is 48.0 Å². The normalized spacial score (nSPS) is 12.3. The molecule has 2 N–H and O–H groups in total. The highest BCUT2D eigenvalue weighted by atomic mass is 35.5. The second-order valence-electron chi connectivity index (χ2n) is 7.11. The number of halogens is 1. The van der Waals surface area contributed by atoms with Crippen molar-refractivity contribution in [2.24, 2.45) is 0 Å². The predicted molar refractivity (Wildman–Crippen MR) is 137 cm³/mol. The molecule has 0 radical (unpaired) electrons. The molecule has 5 aromatic rings. The second kappa shape index (κ2) is 8.30. The Bertz CT molecular complexity index is 1660. The van der Waals surface area contributed by atoms with Crippen LogP contribution in [0.25, 0.3) is 20.2 Å². The van der Waals surface area contributed by atoms with Gasteiger partial charge in [-0.25, -0.2) is 16.8 Å². The van der Waals surface area contributed by atoms with Gasteiger partial charge < -0.3 is 0 Å². The van der Waals surface area contributed by atoms with E-state index in [1.165, 1.54) is 18.2 Å². The molecule has 0 saturated heterocycles. The number of anilines is 2. The van der Waals surface area contributed by atoms with Gasteiger partial charge in [-0.05, 0) is 53.2 Å². The van der Waals surface area contributed by atoms with Crippen LogP contribution < -0.4 is 9.44 Å². The first-order valence-electron chi connectivity index (χ1n) is 9.54. The number of thiophene rings is 2. The molecule has 3 aromatic carbocycles. The van der Waals surface area contributed by atoms with E-state index in [0.717, 1.165) is 42.8 Å². The summed E-state index contributed by atoms with van der Waals surface area (Å²) >= 11 is 8.35. The van der Waals surface area contributed by atoms with Crippen LogP contribution in [0.3, 0.4) is 0 Å².